The SMILES string of the molecule is Nc1cc(F)cc(C(=O)N2CCC3(C2)NC(=O)NC3=O)c1. The van der Waals surface area contributed by atoms with Gasteiger partial charge in [0.05, 0.1) is 6.54 Å². The maximum atomic E-state index is 13.3. The standard InChI is InChI=1S/C13H13FN4O3/c14-8-3-7(4-9(15)5-8)10(19)18-2-1-13(6-18)11(20)16-12(21)17-13/h3-5H,1-2,6,15H2,(H2,16,17,20,21). The number of hydrogen-bond acceptors (Lipinski definition) is 4. The first-order chi connectivity index (χ1) is 9.89. The van der Waals surface area contributed by atoms with Crippen molar-refractivity contribution in [1.29, 1.82) is 0 Å². The summed E-state index contributed by atoms with van der Waals surface area (Å²) in [6.07, 6.45) is 0.321. The summed E-state index contributed by atoms with van der Waals surface area (Å²) >= 11 is 0. The maximum Gasteiger partial charge on any atom is 0.322 e. The molecule has 1 unspecified atom stereocenters. The Kier molecular flexibility index (Phi) is 2.82. The van der Waals surface area contributed by atoms with Crippen molar-refractivity contribution in [3.63, 3.8) is 0 Å². The van der Waals surface area contributed by atoms with Crippen LogP contribution < -0.4 is 16.4 Å². The van der Waals surface area contributed by atoms with Gasteiger partial charge in [0.2, 0.25) is 0 Å². The van der Waals surface area contributed by atoms with Gasteiger partial charge in [0.25, 0.3) is 11.8 Å². The monoisotopic (exact) mass is 292 g/mol. The van der Waals surface area contributed by atoms with Crippen molar-refractivity contribution in [1.82, 2.24) is 15.5 Å². The number of nitrogens with two attached hydrogens (primary N) is 1. The summed E-state index contributed by atoms with van der Waals surface area (Å²) in [6, 6.07) is 3.03. The molecule has 2 saturated heterocycles. The number of rotatable bonds is 1. The van der Waals surface area contributed by atoms with E-state index in [1.807, 2.05) is 0 Å². The Balaban J connectivity index is 1.81. The number of nitrogens with zero attached hydrogens (tertiary/aromatic N) is 1. The van der Waals surface area contributed by atoms with Crippen LogP contribution >= 0.6 is 0 Å². The molecule has 2 fully saturated rings. The molecule has 0 radical (unpaired) electrons. The largest absolute Gasteiger partial charge is 0.399 e. The molecule has 2 aliphatic rings. The second-order valence-corrected chi connectivity index (χ2v) is 5.24. The first-order valence-electron chi connectivity index (χ1n) is 6.39. The lowest BCUT2D eigenvalue weighted by atomic mass is 9.99. The second kappa shape index (κ2) is 4.44. The molecule has 1 spiro atoms. The Bertz CT molecular complexity index is 643. The topological polar surface area (TPSA) is 105 Å². The molecule has 1 aromatic rings. The summed E-state index contributed by atoms with van der Waals surface area (Å²) in [5, 5.41) is 4.71. The van der Waals surface area contributed by atoms with Crippen LogP contribution in [0.5, 0.6) is 0 Å². The summed E-state index contributed by atoms with van der Waals surface area (Å²) in [4.78, 5) is 36.8. The van der Waals surface area contributed by atoms with Crippen LogP contribution in [0.4, 0.5) is 14.9 Å². The number of hydrogen-bond donors (Lipinski definition) is 3. The fourth-order valence-electron chi connectivity index (χ4n) is 2.72. The molecule has 7 nitrogen and oxygen atoms in total. The summed E-state index contributed by atoms with van der Waals surface area (Å²) in [5.41, 5.74) is 4.71. The number of anilines is 1. The van der Waals surface area contributed by atoms with Crippen LogP contribution in [0, 0.1) is 5.82 Å². The summed E-state index contributed by atoms with van der Waals surface area (Å²) in [6.45, 7) is 0.350. The highest BCUT2D eigenvalue weighted by molar-refractivity contribution is 6.08. The van der Waals surface area contributed by atoms with Crippen LogP contribution in [0.2, 0.25) is 0 Å². The average Bonchev–Trinajstić information content (AvgIpc) is 2.93. The molecule has 0 bridgehead atoms. The third-order valence-corrected chi connectivity index (χ3v) is 3.74. The fraction of sp³-hybridized carbons (Fsp3) is 0.308. The number of nitrogen functional groups attached to an aromatic ring is 1. The number of carbonyl (C=O) groups excluding carboxylic acids is 3. The normalized spacial score (nSPS) is 24.3. The van der Waals surface area contributed by atoms with Crippen molar-refractivity contribution in [2.45, 2.75) is 12.0 Å². The highest BCUT2D eigenvalue weighted by Gasteiger charge is 2.51. The Morgan fingerprint density at radius 2 is 2.10 bits per heavy atom. The molecule has 110 valence electrons. The number of carbonyl (C=O) groups is 3. The van der Waals surface area contributed by atoms with Crippen molar-refractivity contribution >= 4 is 23.5 Å². The van der Waals surface area contributed by atoms with Gasteiger partial charge in [-0.1, -0.05) is 0 Å². The van der Waals surface area contributed by atoms with Gasteiger partial charge in [-0.25, -0.2) is 9.18 Å². The predicted octanol–water partition coefficient (Wildman–Crippen LogP) is -0.168. The van der Waals surface area contributed by atoms with Gasteiger partial charge in [-0.15, -0.1) is 0 Å². The van der Waals surface area contributed by atoms with E-state index in [0.717, 1.165) is 12.1 Å². The second-order valence-electron chi connectivity index (χ2n) is 5.24. The van der Waals surface area contributed by atoms with Gasteiger partial charge >= 0.3 is 6.03 Å². The highest BCUT2D eigenvalue weighted by atomic mass is 19.1. The van der Waals surface area contributed by atoms with E-state index >= 15 is 0 Å². The van der Waals surface area contributed by atoms with Crippen LogP contribution in [0.25, 0.3) is 0 Å². The van der Waals surface area contributed by atoms with Crippen LogP contribution in [0.15, 0.2) is 18.2 Å². The molecule has 4 N–H and O–H groups in total. The molecular formula is C13H13FN4O3. The van der Waals surface area contributed by atoms with Crippen molar-refractivity contribution in [2.24, 2.45) is 0 Å². The highest BCUT2D eigenvalue weighted by Crippen LogP contribution is 2.26. The molecule has 1 aromatic carbocycles. The number of urea groups is 1. The van der Waals surface area contributed by atoms with Gasteiger partial charge in [0.15, 0.2) is 0 Å². The molecule has 21 heavy (non-hydrogen) atoms. The van der Waals surface area contributed by atoms with Crippen molar-refractivity contribution in [3.8, 4) is 0 Å². The van der Waals surface area contributed by atoms with E-state index in [-0.39, 0.29) is 17.8 Å². The first kappa shape index (κ1) is 13.3. The van der Waals surface area contributed by atoms with Crippen LogP contribution in [0.3, 0.4) is 0 Å². The smallest absolute Gasteiger partial charge is 0.322 e. The van der Waals surface area contributed by atoms with E-state index in [9.17, 15) is 18.8 Å². The van der Waals surface area contributed by atoms with Crippen LogP contribution in [0.1, 0.15) is 16.8 Å². The summed E-state index contributed by atoms with van der Waals surface area (Å²) < 4.78 is 13.3. The molecule has 8 heteroatoms. The lowest BCUT2D eigenvalue weighted by Crippen LogP contribution is -2.49. The quantitative estimate of drug-likeness (QED) is 0.494. The lowest BCUT2D eigenvalue weighted by molar-refractivity contribution is -0.123. The van der Waals surface area contributed by atoms with Crippen molar-refractivity contribution < 1.29 is 18.8 Å². The van der Waals surface area contributed by atoms with Gasteiger partial charge in [0, 0.05) is 17.8 Å². The number of imide groups is 1. The van der Waals surface area contributed by atoms with Crippen molar-refractivity contribution in [2.75, 3.05) is 18.8 Å². The minimum Gasteiger partial charge on any atom is -0.399 e. The molecule has 0 aromatic heterocycles. The fourth-order valence-corrected chi connectivity index (χ4v) is 2.72. The zero-order chi connectivity index (χ0) is 15.2. The van der Waals surface area contributed by atoms with Crippen LogP contribution in [-0.4, -0.2) is 41.4 Å². The molecule has 4 amide bonds. The Hall–Kier alpha value is -2.64. The maximum absolute atomic E-state index is 13.3. The van der Waals surface area contributed by atoms with E-state index < -0.39 is 29.2 Å². The first-order valence-corrected chi connectivity index (χ1v) is 6.39. The van der Waals surface area contributed by atoms with E-state index in [0.29, 0.717) is 13.0 Å². The zero-order valence-electron chi connectivity index (χ0n) is 11.0. The number of amides is 4. The molecule has 1 atom stereocenters. The molecule has 2 aliphatic heterocycles. The third-order valence-electron chi connectivity index (χ3n) is 3.74. The van der Waals surface area contributed by atoms with E-state index in [1.165, 1.54) is 11.0 Å². The van der Waals surface area contributed by atoms with E-state index in [2.05, 4.69) is 10.6 Å². The average molecular weight is 292 g/mol. The minimum atomic E-state index is -1.08. The molecule has 0 aliphatic carbocycles. The number of halogens is 1. The van der Waals surface area contributed by atoms with Gasteiger partial charge in [-0.3, -0.25) is 14.9 Å². The number of benzene rings is 1. The van der Waals surface area contributed by atoms with Gasteiger partial charge in [-0.05, 0) is 24.6 Å². The summed E-state index contributed by atoms with van der Waals surface area (Å²) in [7, 11) is 0. The molecule has 2 heterocycles. The predicted molar refractivity (Wildman–Crippen MR) is 70.7 cm³/mol. The van der Waals surface area contributed by atoms with Gasteiger partial charge in [-0.2, -0.15) is 0 Å². The Labute approximate surface area is 119 Å². The van der Waals surface area contributed by atoms with E-state index in [4.69, 9.17) is 5.73 Å². The minimum absolute atomic E-state index is 0.0554. The zero-order valence-corrected chi connectivity index (χ0v) is 11.0. The molecular weight excluding hydrogens is 279 g/mol. The molecule has 3 rings (SSSR count). The summed E-state index contributed by atoms with van der Waals surface area (Å²) in [5.74, 6) is -1.47. The van der Waals surface area contributed by atoms with E-state index in [1.54, 1.807) is 0 Å². The lowest BCUT2D eigenvalue weighted by Gasteiger charge is -2.21. The Morgan fingerprint density at radius 3 is 2.71 bits per heavy atom. The number of nitrogens with one attached hydrogen (secondary N) is 2. The number of likely N-dealkylation sites (tertiary alicyclic amines) is 1. The molecule has 0 saturated carbocycles. The van der Waals surface area contributed by atoms with Gasteiger partial charge < -0.3 is 16.0 Å². The van der Waals surface area contributed by atoms with Crippen LogP contribution in [-0.2, 0) is 4.79 Å². The van der Waals surface area contributed by atoms with Gasteiger partial charge in [0.1, 0.15) is 11.4 Å². The van der Waals surface area contributed by atoms with Crippen molar-refractivity contribution in [3.05, 3.63) is 29.6 Å². The third kappa shape index (κ3) is 2.18. The Morgan fingerprint density at radius 1 is 1.33 bits per heavy atom.